The van der Waals surface area contributed by atoms with Gasteiger partial charge in [-0.1, -0.05) is 25.0 Å². The van der Waals surface area contributed by atoms with Crippen molar-refractivity contribution in [3.05, 3.63) is 45.9 Å². The Hall–Kier alpha value is -1.72. The Morgan fingerprint density at radius 2 is 1.96 bits per heavy atom. The smallest absolute Gasteiger partial charge is 0.261 e. The lowest BCUT2D eigenvalue weighted by atomic mass is 9.97. The molecule has 0 aliphatic heterocycles. The number of aryl methyl sites for hydroxylation is 1. The number of nitrogens with two attached hydrogens (primary N) is 1. The fourth-order valence-electron chi connectivity index (χ4n) is 3.24. The number of nitrogens with one attached hydrogen (secondary N) is 1. The maximum Gasteiger partial charge on any atom is 0.261 e. The van der Waals surface area contributed by atoms with Crippen LogP contribution in [0.15, 0.2) is 30.3 Å². The van der Waals surface area contributed by atoms with E-state index in [1.165, 1.54) is 23.5 Å². The molecule has 1 aliphatic carbocycles. The molecule has 0 saturated heterocycles. The van der Waals surface area contributed by atoms with E-state index in [0.717, 1.165) is 41.7 Å². The van der Waals surface area contributed by atoms with E-state index in [9.17, 15) is 9.18 Å². The van der Waals surface area contributed by atoms with Crippen molar-refractivity contribution in [1.82, 2.24) is 5.32 Å². The molecule has 1 heterocycles. The minimum Gasteiger partial charge on any atom is -0.345 e. The highest BCUT2D eigenvalue weighted by Gasteiger charge is 2.34. The van der Waals surface area contributed by atoms with Crippen molar-refractivity contribution in [1.29, 1.82) is 0 Å². The maximum atomic E-state index is 13.1. The molecular formula is C18H21FN2OS. The third-order valence-corrected chi connectivity index (χ3v) is 5.68. The monoisotopic (exact) mass is 332 g/mol. The predicted molar refractivity (Wildman–Crippen MR) is 92.2 cm³/mol. The molecule has 1 aromatic heterocycles. The van der Waals surface area contributed by atoms with Crippen molar-refractivity contribution in [2.24, 2.45) is 5.73 Å². The zero-order valence-electron chi connectivity index (χ0n) is 13.2. The lowest BCUT2D eigenvalue weighted by Crippen LogP contribution is -2.51. The molecule has 1 saturated carbocycles. The summed E-state index contributed by atoms with van der Waals surface area (Å²) in [7, 11) is 0. The number of hydrogen-bond donors (Lipinski definition) is 2. The first-order valence-corrected chi connectivity index (χ1v) is 8.74. The van der Waals surface area contributed by atoms with Crippen LogP contribution in [-0.4, -0.2) is 18.0 Å². The molecule has 1 amide bonds. The largest absolute Gasteiger partial charge is 0.345 e. The normalized spacial score (nSPS) is 16.5. The Bertz CT molecular complexity index is 702. The average Bonchev–Trinajstić information content (AvgIpc) is 3.16. The fourth-order valence-corrected chi connectivity index (χ4v) is 4.18. The van der Waals surface area contributed by atoms with E-state index < -0.39 is 0 Å². The van der Waals surface area contributed by atoms with Gasteiger partial charge in [0.1, 0.15) is 5.82 Å². The first kappa shape index (κ1) is 16.1. The third-order valence-electron chi connectivity index (χ3n) is 4.63. The second-order valence-electron chi connectivity index (χ2n) is 6.23. The minimum atomic E-state index is -0.259. The number of thiophene rings is 1. The molecule has 0 radical (unpaired) electrons. The van der Waals surface area contributed by atoms with Gasteiger partial charge in [0.25, 0.3) is 5.91 Å². The first-order valence-electron chi connectivity index (χ1n) is 7.92. The van der Waals surface area contributed by atoms with E-state index >= 15 is 0 Å². The van der Waals surface area contributed by atoms with Gasteiger partial charge in [-0.15, -0.1) is 11.3 Å². The van der Waals surface area contributed by atoms with Crippen LogP contribution in [0.2, 0.25) is 0 Å². The van der Waals surface area contributed by atoms with Gasteiger partial charge in [0.2, 0.25) is 0 Å². The number of carbonyl (C=O) groups excluding carboxylic acids is 1. The lowest BCUT2D eigenvalue weighted by molar-refractivity contribution is 0.0907. The van der Waals surface area contributed by atoms with Crippen LogP contribution in [-0.2, 0) is 0 Å². The summed E-state index contributed by atoms with van der Waals surface area (Å²) < 4.78 is 13.1. The van der Waals surface area contributed by atoms with Crippen LogP contribution in [0.1, 0.15) is 40.2 Å². The standard InChI is InChI=1S/C18H21FN2OS/c1-12-15(13-4-6-14(19)7-5-13)10-16(23-12)17(22)21-18(11-20)8-2-3-9-18/h4-7,10H,2-3,8-9,11,20H2,1H3,(H,21,22). The minimum absolute atomic E-state index is 0.0567. The Balaban J connectivity index is 1.82. The van der Waals surface area contributed by atoms with E-state index in [2.05, 4.69) is 5.32 Å². The second-order valence-corrected chi connectivity index (χ2v) is 7.49. The van der Waals surface area contributed by atoms with Crippen LogP contribution < -0.4 is 11.1 Å². The molecule has 5 heteroatoms. The van der Waals surface area contributed by atoms with Crippen molar-refractivity contribution < 1.29 is 9.18 Å². The molecule has 2 aromatic rings. The van der Waals surface area contributed by atoms with Gasteiger partial charge < -0.3 is 11.1 Å². The van der Waals surface area contributed by atoms with E-state index in [1.807, 2.05) is 13.0 Å². The van der Waals surface area contributed by atoms with Crippen LogP contribution in [0, 0.1) is 12.7 Å². The van der Waals surface area contributed by atoms with Crippen LogP contribution in [0.25, 0.3) is 11.1 Å². The number of carbonyl (C=O) groups is 1. The molecule has 122 valence electrons. The van der Waals surface area contributed by atoms with Crippen LogP contribution in [0.3, 0.4) is 0 Å². The van der Waals surface area contributed by atoms with Crippen LogP contribution in [0.4, 0.5) is 4.39 Å². The average molecular weight is 332 g/mol. The van der Waals surface area contributed by atoms with Gasteiger partial charge in [-0.25, -0.2) is 4.39 Å². The summed E-state index contributed by atoms with van der Waals surface area (Å²) in [5.41, 5.74) is 7.55. The van der Waals surface area contributed by atoms with E-state index in [1.54, 1.807) is 12.1 Å². The number of rotatable bonds is 4. The Morgan fingerprint density at radius 1 is 1.30 bits per heavy atom. The highest BCUT2D eigenvalue weighted by Crippen LogP contribution is 2.33. The molecule has 0 spiro atoms. The van der Waals surface area contributed by atoms with Gasteiger partial charge in [-0.3, -0.25) is 4.79 Å². The van der Waals surface area contributed by atoms with Crippen molar-refractivity contribution in [2.45, 2.75) is 38.1 Å². The molecule has 3 rings (SSSR count). The maximum absolute atomic E-state index is 13.1. The van der Waals surface area contributed by atoms with Gasteiger partial charge in [0.05, 0.1) is 10.4 Å². The SMILES string of the molecule is Cc1sc(C(=O)NC2(CN)CCCC2)cc1-c1ccc(F)cc1. The molecule has 0 unspecified atom stereocenters. The lowest BCUT2D eigenvalue weighted by Gasteiger charge is -2.28. The molecule has 1 aromatic carbocycles. The first-order chi connectivity index (χ1) is 11.0. The van der Waals surface area contributed by atoms with Crippen molar-refractivity contribution in [3.63, 3.8) is 0 Å². The van der Waals surface area contributed by atoms with E-state index in [0.29, 0.717) is 11.4 Å². The molecule has 0 atom stereocenters. The molecule has 3 nitrogen and oxygen atoms in total. The van der Waals surface area contributed by atoms with Gasteiger partial charge in [0.15, 0.2) is 0 Å². The van der Waals surface area contributed by atoms with Gasteiger partial charge in [-0.05, 0) is 49.1 Å². The van der Waals surface area contributed by atoms with Crippen molar-refractivity contribution >= 4 is 17.2 Å². The van der Waals surface area contributed by atoms with E-state index in [-0.39, 0.29) is 17.3 Å². The summed E-state index contributed by atoms with van der Waals surface area (Å²) >= 11 is 1.47. The molecule has 0 bridgehead atoms. The van der Waals surface area contributed by atoms with Gasteiger partial charge in [-0.2, -0.15) is 0 Å². The summed E-state index contributed by atoms with van der Waals surface area (Å²) in [6, 6.07) is 8.25. The topological polar surface area (TPSA) is 55.1 Å². The number of amides is 1. The zero-order chi connectivity index (χ0) is 16.4. The summed E-state index contributed by atoms with van der Waals surface area (Å²) in [6.07, 6.45) is 4.12. The zero-order valence-corrected chi connectivity index (χ0v) is 14.0. The fraction of sp³-hybridized carbons (Fsp3) is 0.389. The van der Waals surface area contributed by atoms with Crippen molar-refractivity contribution in [3.8, 4) is 11.1 Å². The Labute approximate surface area is 139 Å². The number of hydrogen-bond acceptors (Lipinski definition) is 3. The van der Waals surface area contributed by atoms with Crippen molar-refractivity contribution in [2.75, 3.05) is 6.54 Å². The Morgan fingerprint density at radius 3 is 2.57 bits per heavy atom. The third kappa shape index (κ3) is 3.31. The summed E-state index contributed by atoms with van der Waals surface area (Å²) in [4.78, 5) is 14.3. The van der Waals surface area contributed by atoms with E-state index in [4.69, 9.17) is 5.73 Å². The van der Waals surface area contributed by atoms with Gasteiger partial charge >= 0.3 is 0 Å². The number of benzene rings is 1. The predicted octanol–water partition coefficient (Wildman–Crippen LogP) is 3.86. The molecule has 23 heavy (non-hydrogen) atoms. The summed E-state index contributed by atoms with van der Waals surface area (Å²) in [6.45, 7) is 2.46. The molecule has 1 aliphatic rings. The summed E-state index contributed by atoms with van der Waals surface area (Å²) in [5, 5.41) is 3.15. The Kier molecular flexibility index (Phi) is 4.50. The summed E-state index contributed by atoms with van der Waals surface area (Å²) in [5.74, 6) is -0.315. The molecular weight excluding hydrogens is 311 g/mol. The van der Waals surface area contributed by atoms with Crippen LogP contribution in [0.5, 0.6) is 0 Å². The second kappa shape index (κ2) is 6.42. The quantitative estimate of drug-likeness (QED) is 0.893. The van der Waals surface area contributed by atoms with Crippen LogP contribution >= 0.6 is 11.3 Å². The molecule has 3 N–H and O–H groups in total. The highest BCUT2D eigenvalue weighted by atomic mass is 32.1. The molecule has 1 fully saturated rings. The van der Waals surface area contributed by atoms with Gasteiger partial charge in [0, 0.05) is 11.4 Å². The number of halogens is 1. The highest BCUT2D eigenvalue weighted by molar-refractivity contribution is 7.14.